The molecule has 1 N–H and O–H groups in total. The fraction of sp³-hybridized carbons (Fsp3) is 0.391. The van der Waals surface area contributed by atoms with Gasteiger partial charge in [-0.3, -0.25) is 9.59 Å². The Kier molecular flexibility index (Phi) is 6.64. The van der Waals surface area contributed by atoms with Crippen molar-refractivity contribution < 1.29 is 9.59 Å². The zero-order valence-corrected chi connectivity index (χ0v) is 15.9. The highest BCUT2D eigenvalue weighted by molar-refractivity contribution is 5.94. The lowest BCUT2D eigenvalue weighted by atomic mass is 10.1. The van der Waals surface area contributed by atoms with E-state index in [2.05, 4.69) is 24.4 Å². The molecule has 0 spiro atoms. The van der Waals surface area contributed by atoms with Crippen molar-refractivity contribution in [2.24, 2.45) is 5.92 Å². The Balaban J connectivity index is 1.49. The minimum absolute atomic E-state index is 0.0875. The van der Waals surface area contributed by atoms with Gasteiger partial charge in [-0.15, -0.1) is 0 Å². The molecule has 0 aliphatic heterocycles. The molecule has 142 valence electrons. The summed E-state index contributed by atoms with van der Waals surface area (Å²) < 4.78 is 0. The summed E-state index contributed by atoms with van der Waals surface area (Å²) in [6.07, 6.45) is 3.54. The number of carbonyl (C=O) groups excluding carboxylic acids is 2. The highest BCUT2D eigenvalue weighted by Crippen LogP contribution is 2.36. The smallest absolute Gasteiger partial charge is 0.251 e. The summed E-state index contributed by atoms with van der Waals surface area (Å²) in [6, 6.07) is 19.6. The third kappa shape index (κ3) is 5.68. The maximum Gasteiger partial charge on any atom is 0.251 e. The van der Waals surface area contributed by atoms with Crippen LogP contribution >= 0.6 is 0 Å². The quantitative estimate of drug-likeness (QED) is 0.683. The topological polar surface area (TPSA) is 49.4 Å². The zero-order valence-electron chi connectivity index (χ0n) is 15.9. The van der Waals surface area contributed by atoms with E-state index >= 15 is 0 Å². The molecule has 1 fully saturated rings. The van der Waals surface area contributed by atoms with Gasteiger partial charge in [0.2, 0.25) is 5.91 Å². The molecule has 1 aliphatic rings. The highest BCUT2D eigenvalue weighted by Gasteiger charge is 2.34. The third-order valence-corrected chi connectivity index (χ3v) is 5.20. The number of rotatable bonds is 9. The molecular formula is C23H28N2O2. The molecular weight excluding hydrogens is 336 g/mol. The van der Waals surface area contributed by atoms with E-state index < -0.39 is 0 Å². The predicted molar refractivity (Wildman–Crippen MR) is 107 cm³/mol. The number of carbonyl (C=O) groups is 2. The van der Waals surface area contributed by atoms with Gasteiger partial charge < -0.3 is 10.2 Å². The molecule has 4 nitrogen and oxygen atoms in total. The van der Waals surface area contributed by atoms with Gasteiger partial charge in [0.25, 0.3) is 5.91 Å². The fourth-order valence-electron chi connectivity index (χ4n) is 3.35. The van der Waals surface area contributed by atoms with Crippen molar-refractivity contribution in [2.75, 3.05) is 6.54 Å². The minimum atomic E-state index is -0.0875. The van der Waals surface area contributed by atoms with Gasteiger partial charge >= 0.3 is 0 Å². The number of benzene rings is 2. The summed E-state index contributed by atoms with van der Waals surface area (Å²) in [7, 11) is 0. The molecule has 0 heterocycles. The summed E-state index contributed by atoms with van der Waals surface area (Å²) in [6.45, 7) is 3.33. The van der Waals surface area contributed by atoms with Gasteiger partial charge in [0.15, 0.2) is 0 Å². The van der Waals surface area contributed by atoms with Crippen molar-refractivity contribution in [1.82, 2.24) is 10.2 Å². The van der Waals surface area contributed by atoms with Crippen LogP contribution in [0.5, 0.6) is 0 Å². The van der Waals surface area contributed by atoms with Crippen LogP contribution in [-0.2, 0) is 11.3 Å². The van der Waals surface area contributed by atoms with E-state index in [0.29, 0.717) is 37.4 Å². The molecule has 0 radical (unpaired) electrons. The molecule has 0 saturated heterocycles. The summed E-state index contributed by atoms with van der Waals surface area (Å²) in [5, 5.41) is 2.90. The maximum absolute atomic E-state index is 12.8. The Morgan fingerprint density at radius 3 is 2.30 bits per heavy atom. The lowest BCUT2D eigenvalue weighted by molar-refractivity contribution is -0.134. The number of amides is 2. The Bertz CT molecular complexity index is 741. The SMILES string of the molecule is CC(C1CC1)N(Cc1ccccc1)C(=O)CCCNC(=O)c1ccccc1. The first-order valence-electron chi connectivity index (χ1n) is 9.82. The number of nitrogens with zero attached hydrogens (tertiary/aromatic N) is 1. The molecule has 1 unspecified atom stereocenters. The van der Waals surface area contributed by atoms with Crippen molar-refractivity contribution in [1.29, 1.82) is 0 Å². The second kappa shape index (κ2) is 9.36. The second-order valence-corrected chi connectivity index (χ2v) is 7.31. The third-order valence-electron chi connectivity index (χ3n) is 5.20. The fourth-order valence-corrected chi connectivity index (χ4v) is 3.35. The van der Waals surface area contributed by atoms with Gasteiger partial charge in [-0.05, 0) is 49.8 Å². The van der Waals surface area contributed by atoms with Crippen molar-refractivity contribution in [3.63, 3.8) is 0 Å². The maximum atomic E-state index is 12.8. The van der Waals surface area contributed by atoms with E-state index in [0.717, 1.165) is 5.56 Å². The van der Waals surface area contributed by atoms with Crippen molar-refractivity contribution in [2.45, 2.75) is 45.2 Å². The Morgan fingerprint density at radius 2 is 1.67 bits per heavy atom. The molecule has 4 heteroatoms. The Hall–Kier alpha value is -2.62. The molecule has 2 aromatic carbocycles. The molecule has 2 aromatic rings. The van der Waals surface area contributed by atoms with E-state index in [1.165, 1.54) is 12.8 Å². The molecule has 2 amide bonds. The minimum Gasteiger partial charge on any atom is -0.352 e. The van der Waals surface area contributed by atoms with Crippen molar-refractivity contribution >= 4 is 11.8 Å². The molecule has 3 rings (SSSR count). The number of hydrogen-bond donors (Lipinski definition) is 1. The van der Waals surface area contributed by atoms with Gasteiger partial charge in [0.1, 0.15) is 0 Å². The van der Waals surface area contributed by atoms with Crippen LogP contribution in [0.4, 0.5) is 0 Å². The standard InChI is InChI=1S/C23H28N2O2/c1-18(20-14-15-20)25(17-19-9-4-2-5-10-19)22(26)13-8-16-24-23(27)21-11-6-3-7-12-21/h2-7,9-12,18,20H,8,13-17H2,1H3,(H,24,27). The van der Waals surface area contributed by atoms with Gasteiger partial charge in [-0.1, -0.05) is 48.5 Å². The van der Waals surface area contributed by atoms with Crippen LogP contribution in [0.3, 0.4) is 0 Å². The molecule has 0 bridgehead atoms. The largest absolute Gasteiger partial charge is 0.352 e. The highest BCUT2D eigenvalue weighted by atomic mass is 16.2. The van der Waals surface area contributed by atoms with Gasteiger partial charge in [0, 0.05) is 31.1 Å². The van der Waals surface area contributed by atoms with E-state index in [9.17, 15) is 9.59 Å². The average molecular weight is 364 g/mol. The van der Waals surface area contributed by atoms with Crippen LogP contribution in [0.15, 0.2) is 60.7 Å². The number of hydrogen-bond acceptors (Lipinski definition) is 2. The van der Waals surface area contributed by atoms with Gasteiger partial charge in [0.05, 0.1) is 0 Å². The molecule has 1 atom stereocenters. The monoisotopic (exact) mass is 364 g/mol. The molecule has 1 saturated carbocycles. The van der Waals surface area contributed by atoms with E-state index in [1.54, 1.807) is 12.1 Å². The second-order valence-electron chi connectivity index (χ2n) is 7.31. The molecule has 0 aromatic heterocycles. The van der Waals surface area contributed by atoms with Crippen LogP contribution in [0.2, 0.25) is 0 Å². The Morgan fingerprint density at radius 1 is 1.04 bits per heavy atom. The average Bonchev–Trinajstić information content (AvgIpc) is 3.55. The van der Waals surface area contributed by atoms with E-state index in [1.807, 2.05) is 41.3 Å². The first-order chi connectivity index (χ1) is 13.1. The van der Waals surface area contributed by atoms with Crippen LogP contribution in [0.1, 0.15) is 48.5 Å². The molecule has 1 aliphatic carbocycles. The first kappa shape index (κ1) is 19.2. The van der Waals surface area contributed by atoms with Crippen LogP contribution in [0.25, 0.3) is 0 Å². The van der Waals surface area contributed by atoms with Gasteiger partial charge in [-0.25, -0.2) is 0 Å². The van der Waals surface area contributed by atoms with E-state index in [4.69, 9.17) is 0 Å². The number of nitrogens with one attached hydrogen (secondary N) is 1. The van der Waals surface area contributed by atoms with Gasteiger partial charge in [-0.2, -0.15) is 0 Å². The van der Waals surface area contributed by atoms with Crippen molar-refractivity contribution in [3.05, 3.63) is 71.8 Å². The van der Waals surface area contributed by atoms with E-state index in [-0.39, 0.29) is 17.9 Å². The summed E-state index contributed by atoms with van der Waals surface area (Å²) in [5.74, 6) is 0.721. The lowest BCUT2D eigenvalue weighted by Crippen LogP contribution is -2.39. The molecule has 27 heavy (non-hydrogen) atoms. The van der Waals surface area contributed by atoms with Crippen molar-refractivity contribution in [3.8, 4) is 0 Å². The normalized spacial score (nSPS) is 14.4. The van der Waals surface area contributed by atoms with Crippen LogP contribution in [0, 0.1) is 5.92 Å². The predicted octanol–water partition coefficient (Wildman–Crippen LogP) is 4.02. The lowest BCUT2D eigenvalue weighted by Gasteiger charge is -2.30. The van der Waals surface area contributed by atoms with Crippen LogP contribution < -0.4 is 5.32 Å². The zero-order chi connectivity index (χ0) is 19.1. The Labute approximate surface area is 161 Å². The van der Waals surface area contributed by atoms with Crippen LogP contribution in [-0.4, -0.2) is 29.3 Å². The summed E-state index contributed by atoms with van der Waals surface area (Å²) >= 11 is 0. The summed E-state index contributed by atoms with van der Waals surface area (Å²) in [4.78, 5) is 26.9. The first-order valence-corrected chi connectivity index (χ1v) is 9.82. The summed E-state index contributed by atoms with van der Waals surface area (Å²) in [5.41, 5.74) is 1.81.